The maximum Gasteiger partial charge on any atom is 0.341 e. The average molecular weight is 265 g/mol. The van der Waals surface area contributed by atoms with Crippen LogP contribution in [0.1, 0.15) is 76.0 Å². The summed E-state index contributed by atoms with van der Waals surface area (Å²) in [6.45, 7) is 12.3. The Kier molecular flexibility index (Phi) is 4.97. The zero-order valence-corrected chi connectivity index (χ0v) is 13.1. The fraction of sp³-hybridized carbons (Fsp3) is 0.600. The predicted molar refractivity (Wildman–Crippen MR) is 75.0 cm³/mol. The van der Waals surface area contributed by atoms with Gasteiger partial charge in [0.2, 0.25) is 0 Å². The van der Waals surface area contributed by atoms with Gasteiger partial charge in [-0.2, -0.15) is 0 Å². The zero-order valence-electron chi connectivity index (χ0n) is 12.1. The molecule has 3 heteroatoms. The molecular weight excluding hydrogens is 243 g/mol. The van der Waals surface area contributed by atoms with E-state index in [1.54, 1.807) is 0 Å². The highest BCUT2D eigenvalue weighted by molar-refractivity contribution is 6.00. The fourth-order valence-corrected chi connectivity index (χ4v) is 2.49. The van der Waals surface area contributed by atoms with Crippen LogP contribution in [0, 0.1) is 5.82 Å². The fourth-order valence-electron chi connectivity index (χ4n) is 2.28. The summed E-state index contributed by atoms with van der Waals surface area (Å²) in [5.74, 6) is 0.775. The molecule has 0 aliphatic heterocycles. The minimum absolute atomic E-state index is 0.143. The van der Waals surface area contributed by atoms with Crippen molar-refractivity contribution in [2.45, 2.75) is 59.3 Å². The number of hydrogen-bond donors (Lipinski definition) is 0. The van der Waals surface area contributed by atoms with Crippen molar-refractivity contribution in [1.29, 1.82) is 0 Å². The van der Waals surface area contributed by atoms with Crippen LogP contribution in [0.25, 0.3) is 0 Å². The largest absolute Gasteiger partial charge is 0.538 e. The van der Waals surface area contributed by atoms with Crippen molar-refractivity contribution in [2.75, 3.05) is 0 Å². The minimum atomic E-state index is -0.227. The van der Waals surface area contributed by atoms with Crippen molar-refractivity contribution in [3.63, 3.8) is 0 Å². The molecular formula is C15H22FOSi. The van der Waals surface area contributed by atoms with E-state index in [4.69, 9.17) is 4.43 Å². The Morgan fingerprint density at radius 1 is 0.944 bits per heavy atom. The molecule has 18 heavy (non-hydrogen) atoms. The summed E-state index contributed by atoms with van der Waals surface area (Å²) in [6.07, 6.45) is 0. The molecule has 1 rings (SSSR count). The molecule has 0 saturated heterocycles. The minimum Gasteiger partial charge on any atom is -0.538 e. The summed E-state index contributed by atoms with van der Waals surface area (Å²) in [6, 6.07) is 2.09. The van der Waals surface area contributed by atoms with Crippen molar-refractivity contribution in [3.05, 3.63) is 28.6 Å². The van der Waals surface area contributed by atoms with Gasteiger partial charge in [0.15, 0.2) is 5.82 Å². The van der Waals surface area contributed by atoms with E-state index in [0.29, 0.717) is 11.7 Å². The van der Waals surface area contributed by atoms with Gasteiger partial charge in [0, 0.05) is 0 Å². The Hall–Kier alpha value is -0.833. The molecule has 0 saturated carbocycles. The molecule has 0 aliphatic carbocycles. The lowest BCUT2D eigenvalue weighted by atomic mass is 9.86. The van der Waals surface area contributed by atoms with E-state index in [-0.39, 0.29) is 17.7 Å². The van der Waals surface area contributed by atoms with E-state index in [1.807, 2.05) is 27.7 Å². The van der Waals surface area contributed by atoms with Crippen LogP contribution in [-0.4, -0.2) is 10.5 Å². The van der Waals surface area contributed by atoms with Crippen LogP contribution in [0.15, 0.2) is 6.07 Å². The van der Waals surface area contributed by atoms with Crippen LogP contribution in [0.2, 0.25) is 0 Å². The Labute approximate surface area is 113 Å². The third-order valence-corrected chi connectivity index (χ3v) is 3.45. The molecule has 0 heterocycles. The van der Waals surface area contributed by atoms with Crippen LogP contribution in [0.5, 0.6) is 5.75 Å². The summed E-state index contributed by atoms with van der Waals surface area (Å²) < 4.78 is 19.7. The maximum atomic E-state index is 14.6. The predicted octanol–water partition coefficient (Wildman–Crippen LogP) is 4.66. The van der Waals surface area contributed by atoms with Crippen molar-refractivity contribution in [2.24, 2.45) is 0 Å². The monoisotopic (exact) mass is 265 g/mol. The molecule has 1 aromatic carbocycles. The smallest absolute Gasteiger partial charge is 0.341 e. The number of benzene rings is 1. The van der Waals surface area contributed by atoms with Gasteiger partial charge in [0.05, 0.1) is 0 Å². The molecule has 0 spiro atoms. The summed E-state index contributed by atoms with van der Waals surface area (Å²) in [7, 11) is 2.98. The lowest BCUT2D eigenvalue weighted by molar-refractivity contribution is 0.499. The Bertz CT molecular complexity index is 425. The quantitative estimate of drug-likeness (QED) is 0.720. The van der Waals surface area contributed by atoms with Gasteiger partial charge in [0.1, 0.15) is 5.75 Å². The van der Waals surface area contributed by atoms with E-state index < -0.39 is 0 Å². The van der Waals surface area contributed by atoms with Gasteiger partial charge in [-0.3, -0.25) is 0 Å². The first kappa shape index (κ1) is 15.2. The van der Waals surface area contributed by atoms with E-state index in [1.165, 1.54) is 0 Å². The average Bonchev–Trinajstić information content (AvgIpc) is 2.26. The second-order valence-electron chi connectivity index (χ2n) is 5.68. The normalized spacial score (nSPS) is 11.7. The molecule has 99 valence electrons. The molecule has 0 bridgehead atoms. The molecule has 0 unspecified atom stereocenters. The molecule has 0 N–H and O–H groups in total. The van der Waals surface area contributed by atoms with Crippen LogP contribution < -0.4 is 4.43 Å². The number of halogens is 1. The summed E-state index contributed by atoms with van der Waals surface area (Å²) in [5.41, 5.74) is 2.76. The van der Waals surface area contributed by atoms with E-state index in [9.17, 15) is 4.39 Å². The molecule has 0 aromatic heterocycles. The highest BCUT2D eigenvalue weighted by Gasteiger charge is 2.23. The van der Waals surface area contributed by atoms with E-state index in [2.05, 4.69) is 30.4 Å². The van der Waals surface area contributed by atoms with Gasteiger partial charge >= 0.3 is 10.5 Å². The van der Waals surface area contributed by atoms with Gasteiger partial charge in [-0.25, -0.2) is 4.39 Å². The van der Waals surface area contributed by atoms with Gasteiger partial charge in [-0.15, -0.1) is 0 Å². The molecule has 0 aliphatic rings. The second-order valence-corrected chi connectivity index (χ2v) is 5.88. The first-order chi connectivity index (χ1) is 8.31. The zero-order chi connectivity index (χ0) is 14.0. The van der Waals surface area contributed by atoms with Gasteiger partial charge < -0.3 is 4.43 Å². The third kappa shape index (κ3) is 2.77. The van der Waals surface area contributed by atoms with Gasteiger partial charge in [-0.05, 0) is 34.4 Å². The Morgan fingerprint density at radius 2 is 1.44 bits per heavy atom. The van der Waals surface area contributed by atoms with Crippen molar-refractivity contribution in [3.8, 4) is 5.75 Å². The van der Waals surface area contributed by atoms with Gasteiger partial charge in [0.25, 0.3) is 0 Å². The SMILES string of the molecule is CC(C)c1cc(C(C)C)c(C(C)C)c(F)c1O[Si]. The third-order valence-electron chi connectivity index (χ3n) is 3.24. The topological polar surface area (TPSA) is 9.23 Å². The summed E-state index contributed by atoms with van der Waals surface area (Å²) >= 11 is 0. The van der Waals surface area contributed by atoms with E-state index >= 15 is 0 Å². The van der Waals surface area contributed by atoms with Crippen molar-refractivity contribution >= 4 is 10.5 Å². The molecule has 0 atom stereocenters. The number of hydrogen-bond acceptors (Lipinski definition) is 1. The summed E-state index contributed by atoms with van der Waals surface area (Å²) in [4.78, 5) is 0. The van der Waals surface area contributed by atoms with Gasteiger partial charge in [-0.1, -0.05) is 47.6 Å². The van der Waals surface area contributed by atoms with Crippen molar-refractivity contribution < 1.29 is 8.82 Å². The van der Waals surface area contributed by atoms with Crippen LogP contribution in [0.4, 0.5) is 4.39 Å². The Morgan fingerprint density at radius 3 is 1.78 bits per heavy atom. The molecule has 1 aromatic rings. The number of rotatable bonds is 4. The lowest BCUT2D eigenvalue weighted by Crippen LogP contribution is -2.08. The summed E-state index contributed by atoms with van der Waals surface area (Å²) in [5, 5.41) is 0. The molecule has 1 nitrogen and oxygen atoms in total. The first-order valence-corrected chi connectivity index (χ1v) is 6.91. The van der Waals surface area contributed by atoms with Crippen LogP contribution in [0.3, 0.4) is 0 Å². The van der Waals surface area contributed by atoms with Crippen molar-refractivity contribution in [1.82, 2.24) is 0 Å². The molecule has 0 amide bonds. The van der Waals surface area contributed by atoms with Crippen LogP contribution >= 0.6 is 0 Å². The standard InChI is InChI=1S/C15H22FOSi/c1-8(2)11-7-12(9(3)4)15(17-18)14(16)13(11)10(5)6/h7-10H,1-6H3. The van der Waals surface area contributed by atoms with E-state index in [0.717, 1.165) is 16.7 Å². The Balaban J connectivity index is 3.62. The highest BCUT2D eigenvalue weighted by Crippen LogP contribution is 2.38. The lowest BCUT2D eigenvalue weighted by Gasteiger charge is -2.23. The molecule has 0 fully saturated rings. The first-order valence-electron chi connectivity index (χ1n) is 6.50. The highest BCUT2D eigenvalue weighted by atomic mass is 28.2. The maximum absolute atomic E-state index is 14.6. The van der Waals surface area contributed by atoms with Crippen LogP contribution in [-0.2, 0) is 0 Å². The molecule has 3 radical (unpaired) electrons. The second kappa shape index (κ2) is 5.87.